The molecule has 0 aliphatic carbocycles. The Morgan fingerprint density at radius 2 is 2.38 bits per heavy atom. The van der Waals surface area contributed by atoms with Gasteiger partial charge in [-0.05, 0) is 18.1 Å². The third-order valence-electron chi connectivity index (χ3n) is 3.11. The standard InChI is InChI=1S/C12H15N3O/c13-5-9-1-2-12-14-11(7-15(12)6-9)10-3-4-16-8-10/h1-2,6-7,10H,3-5,8,13H2. The second-order valence-electron chi connectivity index (χ2n) is 4.23. The summed E-state index contributed by atoms with van der Waals surface area (Å²) in [5, 5.41) is 0. The van der Waals surface area contributed by atoms with Crippen molar-refractivity contribution in [3.05, 3.63) is 35.8 Å². The molecule has 3 rings (SSSR count). The summed E-state index contributed by atoms with van der Waals surface area (Å²) in [5.41, 5.74) is 8.86. The van der Waals surface area contributed by atoms with Crippen LogP contribution in [0.1, 0.15) is 23.6 Å². The van der Waals surface area contributed by atoms with Gasteiger partial charge in [0, 0.05) is 31.5 Å². The fourth-order valence-corrected chi connectivity index (χ4v) is 2.14. The fraction of sp³-hybridized carbons (Fsp3) is 0.417. The molecule has 2 aromatic heterocycles. The zero-order valence-electron chi connectivity index (χ0n) is 9.10. The van der Waals surface area contributed by atoms with Gasteiger partial charge in [-0.15, -0.1) is 0 Å². The number of pyridine rings is 1. The summed E-state index contributed by atoms with van der Waals surface area (Å²) in [7, 11) is 0. The molecule has 0 saturated carbocycles. The predicted molar refractivity (Wildman–Crippen MR) is 61.3 cm³/mol. The van der Waals surface area contributed by atoms with Crippen molar-refractivity contribution in [2.45, 2.75) is 18.9 Å². The van der Waals surface area contributed by atoms with E-state index in [9.17, 15) is 0 Å². The van der Waals surface area contributed by atoms with Crippen LogP contribution in [0.4, 0.5) is 0 Å². The molecule has 0 spiro atoms. The van der Waals surface area contributed by atoms with E-state index in [1.807, 2.05) is 18.3 Å². The number of hydrogen-bond acceptors (Lipinski definition) is 3. The van der Waals surface area contributed by atoms with E-state index >= 15 is 0 Å². The van der Waals surface area contributed by atoms with E-state index < -0.39 is 0 Å². The van der Waals surface area contributed by atoms with Crippen LogP contribution in [0.3, 0.4) is 0 Å². The maximum Gasteiger partial charge on any atom is 0.137 e. The largest absolute Gasteiger partial charge is 0.381 e. The van der Waals surface area contributed by atoms with Crippen molar-refractivity contribution in [2.75, 3.05) is 13.2 Å². The molecule has 4 heteroatoms. The van der Waals surface area contributed by atoms with E-state index in [0.29, 0.717) is 12.5 Å². The van der Waals surface area contributed by atoms with Gasteiger partial charge in [0.1, 0.15) is 5.65 Å². The Balaban J connectivity index is 2.01. The molecule has 2 aromatic rings. The Morgan fingerprint density at radius 1 is 1.44 bits per heavy atom. The topological polar surface area (TPSA) is 52.5 Å². The summed E-state index contributed by atoms with van der Waals surface area (Å²) in [5.74, 6) is 0.459. The van der Waals surface area contributed by atoms with Crippen molar-refractivity contribution in [1.29, 1.82) is 0 Å². The van der Waals surface area contributed by atoms with Crippen molar-refractivity contribution < 1.29 is 4.74 Å². The normalized spacial score (nSPS) is 20.7. The Hall–Kier alpha value is -1.39. The van der Waals surface area contributed by atoms with Crippen LogP contribution in [0.25, 0.3) is 5.65 Å². The van der Waals surface area contributed by atoms with Gasteiger partial charge in [-0.3, -0.25) is 0 Å². The number of nitrogens with two attached hydrogens (primary N) is 1. The first-order valence-corrected chi connectivity index (χ1v) is 5.62. The minimum atomic E-state index is 0.459. The smallest absolute Gasteiger partial charge is 0.137 e. The van der Waals surface area contributed by atoms with Gasteiger partial charge >= 0.3 is 0 Å². The highest BCUT2D eigenvalue weighted by molar-refractivity contribution is 5.42. The molecule has 1 fully saturated rings. The maximum atomic E-state index is 5.62. The molecule has 1 saturated heterocycles. The molecule has 0 radical (unpaired) electrons. The molecular weight excluding hydrogens is 202 g/mol. The average molecular weight is 217 g/mol. The third kappa shape index (κ3) is 1.60. The molecule has 2 N–H and O–H groups in total. The molecular formula is C12H15N3O. The van der Waals surface area contributed by atoms with Crippen molar-refractivity contribution in [1.82, 2.24) is 9.38 Å². The van der Waals surface area contributed by atoms with Crippen molar-refractivity contribution in [3.8, 4) is 0 Å². The summed E-state index contributed by atoms with van der Waals surface area (Å²) in [6.07, 6.45) is 5.21. The van der Waals surface area contributed by atoms with Crippen molar-refractivity contribution in [2.24, 2.45) is 5.73 Å². The van der Waals surface area contributed by atoms with Crippen LogP contribution in [0.5, 0.6) is 0 Å². The third-order valence-corrected chi connectivity index (χ3v) is 3.11. The lowest BCUT2D eigenvalue weighted by Gasteiger charge is -2.00. The first kappa shape index (κ1) is 9.81. The van der Waals surface area contributed by atoms with Gasteiger partial charge in [0.2, 0.25) is 0 Å². The van der Waals surface area contributed by atoms with E-state index in [1.54, 1.807) is 0 Å². The Bertz CT molecular complexity index is 500. The summed E-state index contributed by atoms with van der Waals surface area (Å²) < 4.78 is 7.43. The van der Waals surface area contributed by atoms with Gasteiger partial charge in [-0.2, -0.15) is 0 Å². The molecule has 0 amide bonds. The molecule has 4 nitrogen and oxygen atoms in total. The average Bonchev–Trinajstić information content (AvgIpc) is 2.96. The lowest BCUT2D eigenvalue weighted by Crippen LogP contribution is -1.97. The number of imidazole rings is 1. The zero-order chi connectivity index (χ0) is 11.0. The van der Waals surface area contributed by atoms with Gasteiger partial charge in [-0.25, -0.2) is 4.98 Å². The van der Waals surface area contributed by atoms with E-state index in [-0.39, 0.29) is 0 Å². The molecule has 0 aromatic carbocycles. The molecule has 1 atom stereocenters. The van der Waals surface area contributed by atoms with Gasteiger partial charge < -0.3 is 14.9 Å². The highest BCUT2D eigenvalue weighted by Gasteiger charge is 2.20. The lowest BCUT2D eigenvalue weighted by atomic mass is 10.1. The number of hydrogen-bond donors (Lipinski definition) is 1. The molecule has 1 aliphatic rings. The first-order valence-electron chi connectivity index (χ1n) is 5.62. The highest BCUT2D eigenvalue weighted by Crippen LogP contribution is 2.24. The van der Waals surface area contributed by atoms with Crippen LogP contribution in [-0.4, -0.2) is 22.6 Å². The lowest BCUT2D eigenvalue weighted by molar-refractivity contribution is 0.193. The maximum absolute atomic E-state index is 5.62. The number of ether oxygens (including phenoxy) is 1. The van der Waals surface area contributed by atoms with Gasteiger partial charge in [-0.1, -0.05) is 6.07 Å². The van der Waals surface area contributed by atoms with Crippen molar-refractivity contribution in [3.63, 3.8) is 0 Å². The van der Waals surface area contributed by atoms with Crippen LogP contribution in [0.15, 0.2) is 24.5 Å². The second-order valence-corrected chi connectivity index (χ2v) is 4.23. The zero-order valence-corrected chi connectivity index (χ0v) is 9.10. The molecule has 16 heavy (non-hydrogen) atoms. The second kappa shape index (κ2) is 3.88. The van der Waals surface area contributed by atoms with E-state index in [0.717, 1.165) is 36.5 Å². The predicted octanol–water partition coefficient (Wildman–Crippen LogP) is 1.30. The van der Waals surface area contributed by atoms with E-state index in [2.05, 4.69) is 15.6 Å². The van der Waals surface area contributed by atoms with Crippen molar-refractivity contribution >= 4 is 5.65 Å². The molecule has 3 heterocycles. The summed E-state index contributed by atoms with van der Waals surface area (Å²) >= 11 is 0. The van der Waals surface area contributed by atoms with Crippen LogP contribution < -0.4 is 5.73 Å². The molecule has 84 valence electrons. The van der Waals surface area contributed by atoms with E-state index in [4.69, 9.17) is 10.5 Å². The minimum absolute atomic E-state index is 0.459. The number of nitrogens with zero attached hydrogens (tertiary/aromatic N) is 2. The Labute approximate surface area is 94.0 Å². The Morgan fingerprint density at radius 3 is 3.12 bits per heavy atom. The van der Waals surface area contributed by atoms with Crippen LogP contribution in [-0.2, 0) is 11.3 Å². The fourth-order valence-electron chi connectivity index (χ4n) is 2.14. The summed E-state index contributed by atoms with van der Waals surface area (Å²) in [6.45, 7) is 2.22. The first-order chi connectivity index (χ1) is 7.86. The van der Waals surface area contributed by atoms with Gasteiger partial charge in [0.15, 0.2) is 0 Å². The molecule has 1 unspecified atom stereocenters. The number of fused-ring (bicyclic) bond motifs is 1. The molecule has 1 aliphatic heterocycles. The highest BCUT2D eigenvalue weighted by atomic mass is 16.5. The minimum Gasteiger partial charge on any atom is -0.381 e. The Kier molecular flexibility index (Phi) is 2.38. The number of aromatic nitrogens is 2. The van der Waals surface area contributed by atoms with Gasteiger partial charge in [0.25, 0.3) is 0 Å². The monoisotopic (exact) mass is 217 g/mol. The number of rotatable bonds is 2. The quantitative estimate of drug-likeness (QED) is 0.824. The summed E-state index contributed by atoms with van der Waals surface area (Å²) in [6, 6.07) is 4.04. The SMILES string of the molecule is NCc1ccc2nc(C3CCOC3)cn2c1. The van der Waals surface area contributed by atoms with Crippen LogP contribution in [0, 0.1) is 0 Å². The van der Waals surface area contributed by atoms with Gasteiger partial charge in [0.05, 0.1) is 12.3 Å². The van der Waals surface area contributed by atoms with E-state index in [1.165, 1.54) is 0 Å². The van der Waals surface area contributed by atoms with Crippen LogP contribution >= 0.6 is 0 Å². The van der Waals surface area contributed by atoms with Crippen LogP contribution in [0.2, 0.25) is 0 Å². The summed E-state index contributed by atoms with van der Waals surface area (Å²) in [4.78, 5) is 4.61. The molecule has 0 bridgehead atoms.